The molecule has 2 aromatic heterocycles. The molecular formula is C14H18N2S. The summed E-state index contributed by atoms with van der Waals surface area (Å²) < 4.78 is 0. The Labute approximate surface area is 107 Å². The average Bonchev–Trinajstić information content (AvgIpc) is 2.61. The second-order valence-corrected chi connectivity index (χ2v) is 5.72. The van der Waals surface area contributed by atoms with Crippen molar-refractivity contribution in [1.29, 1.82) is 0 Å². The Bertz CT molecular complexity index is 466. The molecule has 0 saturated heterocycles. The lowest BCUT2D eigenvalue weighted by Crippen LogP contribution is -2.12. The van der Waals surface area contributed by atoms with Crippen molar-refractivity contribution >= 4 is 11.3 Å². The highest BCUT2D eigenvalue weighted by atomic mass is 32.1. The normalized spacial score (nSPS) is 10.8. The number of nitrogens with one attached hydrogen (secondary N) is 1. The fourth-order valence-corrected chi connectivity index (χ4v) is 2.68. The van der Waals surface area contributed by atoms with Crippen LogP contribution in [0.5, 0.6) is 0 Å². The molecule has 0 aliphatic rings. The van der Waals surface area contributed by atoms with E-state index in [0.717, 1.165) is 18.8 Å². The van der Waals surface area contributed by atoms with Gasteiger partial charge in [0.05, 0.1) is 5.69 Å². The van der Waals surface area contributed by atoms with Gasteiger partial charge in [-0.05, 0) is 44.0 Å². The molecule has 0 atom stereocenters. The molecule has 0 bridgehead atoms. The number of hydrogen-bond acceptors (Lipinski definition) is 3. The van der Waals surface area contributed by atoms with Gasteiger partial charge < -0.3 is 5.32 Å². The average molecular weight is 246 g/mol. The summed E-state index contributed by atoms with van der Waals surface area (Å²) in [6, 6.07) is 6.44. The minimum absolute atomic E-state index is 0.830. The van der Waals surface area contributed by atoms with Crippen LogP contribution in [0, 0.1) is 20.8 Å². The lowest BCUT2D eigenvalue weighted by atomic mass is 10.2. The summed E-state index contributed by atoms with van der Waals surface area (Å²) in [6.07, 6.45) is 1.91. The van der Waals surface area contributed by atoms with Crippen LogP contribution in [0.2, 0.25) is 0 Å². The van der Waals surface area contributed by atoms with Crippen LogP contribution in [-0.2, 0) is 13.1 Å². The molecule has 0 aromatic carbocycles. The molecule has 0 amide bonds. The van der Waals surface area contributed by atoms with Gasteiger partial charge in [0.1, 0.15) is 0 Å². The Morgan fingerprint density at radius 1 is 1.18 bits per heavy atom. The topological polar surface area (TPSA) is 24.9 Å². The molecule has 0 saturated carbocycles. The summed E-state index contributed by atoms with van der Waals surface area (Å²) in [7, 11) is 0. The van der Waals surface area contributed by atoms with Crippen LogP contribution < -0.4 is 5.32 Å². The van der Waals surface area contributed by atoms with Crippen LogP contribution in [0.4, 0.5) is 0 Å². The Morgan fingerprint density at radius 2 is 2.00 bits per heavy atom. The Balaban J connectivity index is 1.85. The fraction of sp³-hybridized carbons (Fsp3) is 0.357. The van der Waals surface area contributed by atoms with Crippen molar-refractivity contribution in [3.05, 3.63) is 51.0 Å². The van der Waals surface area contributed by atoms with Crippen LogP contribution in [0.1, 0.15) is 26.6 Å². The van der Waals surface area contributed by atoms with E-state index < -0.39 is 0 Å². The van der Waals surface area contributed by atoms with Gasteiger partial charge in [0.25, 0.3) is 0 Å². The summed E-state index contributed by atoms with van der Waals surface area (Å²) in [5.41, 5.74) is 3.69. The van der Waals surface area contributed by atoms with E-state index in [4.69, 9.17) is 0 Å². The second-order valence-electron chi connectivity index (χ2n) is 4.38. The lowest BCUT2D eigenvalue weighted by molar-refractivity contribution is 0.686. The van der Waals surface area contributed by atoms with Gasteiger partial charge in [-0.1, -0.05) is 6.07 Å². The Kier molecular flexibility index (Phi) is 3.92. The first-order valence-electron chi connectivity index (χ1n) is 5.83. The van der Waals surface area contributed by atoms with Crippen molar-refractivity contribution in [3.8, 4) is 0 Å². The first kappa shape index (κ1) is 12.3. The highest BCUT2D eigenvalue weighted by molar-refractivity contribution is 7.12. The summed E-state index contributed by atoms with van der Waals surface area (Å²) >= 11 is 1.87. The van der Waals surface area contributed by atoms with E-state index in [2.05, 4.69) is 49.3 Å². The molecule has 2 aromatic rings. The monoisotopic (exact) mass is 246 g/mol. The van der Waals surface area contributed by atoms with E-state index in [1.54, 1.807) is 0 Å². The predicted molar refractivity (Wildman–Crippen MR) is 73.3 cm³/mol. The molecule has 0 spiro atoms. The molecule has 0 fully saturated rings. The first-order chi connectivity index (χ1) is 8.15. The van der Waals surface area contributed by atoms with Crippen LogP contribution in [0.15, 0.2) is 24.4 Å². The molecule has 90 valence electrons. The quantitative estimate of drug-likeness (QED) is 0.894. The molecule has 17 heavy (non-hydrogen) atoms. The summed E-state index contributed by atoms with van der Waals surface area (Å²) in [6.45, 7) is 8.15. The van der Waals surface area contributed by atoms with Crippen molar-refractivity contribution in [2.24, 2.45) is 0 Å². The maximum absolute atomic E-state index is 4.37. The van der Waals surface area contributed by atoms with Crippen molar-refractivity contribution in [3.63, 3.8) is 0 Å². The zero-order chi connectivity index (χ0) is 12.3. The van der Waals surface area contributed by atoms with Gasteiger partial charge in [-0.15, -0.1) is 11.3 Å². The highest BCUT2D eigenvalue weighted by Crippen LogP contribution is 2.20. The van der Waals surface area contributed by atoms with Gasteiger partial charge in [0.15, 0.2) is 0 Å². The van der Waals surface area contributed by atoms with Gasteiger partial charge in [-0.2, -0.15) is 0 Å². The molecule has 0 aliphatic carbocycles. The van der Waals surface area contributed by atoms with E-state index in [0.29, 0.717) is 0 Å². The molecule has 2 rings (SSSR count). The number of nitrogens with zero attached hydrogens (tertiary/aromatic N) is 1. The minimum Gasteiger partial charge on any atom is -0.306 e. The van der Waals surface area contributed by atoms with Crippen molar-refractivity contribution in [2.75, 3.05) is 0 Å². The molecule has 2 heterocycles. The van der Waals surface area contributed by atoms with E-state index in [-0.39, 0.29) is 0 Å². The van der Waals surface area contributed by atoms with Gasteiger partial charge in [-0.25, -0.2) is 0 Å². The maximum atomic E-state index is 4.37. The molecule has 2 nitrogen and oxygen atoms in total. The minimum atomic E-state index is 0.830. The number of aromatic nitrogens is 1. The van der Waals surface area contributed by atoms with Crippen molar-refractivity contribution in [2.45, 2.75) is 33.9 Å². The van der Waals surface area contributed by atoms with Gasteiger partial charge in [0, 0.05) is 29.0 Å². The SMILES string of the molecule is Cc1ccc(CNCc2cc(C)c(C)s2)nc1. The number of hydrogen-bond donors (Lipinski definition) is 1. The van der Waals surface area contributed by atoms with E-state index in [1.165, 1.54) is 20.9 Å². The van der Waals surface area contributed by atoms with Gasteiger partial charge >= 0.3 is 0 Å². The van der Waals surface area contributed by atoms with Crippen LogP contribution >= 0.6 is 11.3 Å². The standard InChI is InChI=1S/C14H18N2S/c1-10-4-5-13(16-7-10)8-15-9-14-6-11(2)12(3)17-14/h4-7,15H,8-9H2,1-3H3. The largest absolute Gasteiger partial charge is 0.306 e. The molecular weight excluding hydrogens is 228 g/mol. The predicted octanol–water partition coefficient (Wildman–Crippen LogP) is 3.36. The van der Waals surface area contributed by atoms with Crippen LogP contribution in [-0.4, -0.2) is 4.98 Å². The van der Waals surface area contributed by atoms with Crippen molar-refractivity contribution in [1.82, 2.24) is 10.3 Å². The fourth-order valence-electron chi connectivity index (χ4n) is 1.65. The van der Waals surface area contributed by atoms with E-state index in [1.807, 2.05) is 17.5 Å². The number of aryl methyl sites for hydroxylation is 3. The Hall–Kier alpha value is -1.19. The summed E-state index contributed by atoms with van der Waals surface area (Å²) in [5, 5.41) is 3.43. The molecule has 1 N–H and O–H groups in total. The lowest BCUT2D eigenvalue weighted by Gasteiger charge is -2.02. The molecule has 3 heteroatoms. The smallest absolute Gasteiger partial charge is 0.0541 e. The zero-order valence-corrected chi connectivity index (χ0v) is 11.4. The zero-order valence-electron chi connectivity index (χ0n) is 10.6. The summed E-state index contributed by atoms with van der Waals surface area (Å²) in [4.78, 5) is 7.18. The second kappa shape index (κ2) is 5.43. The van der Waals surface area contributed by atoms with Gasteiger partial charge in [0.2, 0.25) is 0 Å². The number of rotatable bonds is 4. The highest BCUT2D eigenvalue weighted by Gasteiger charge is 2.01. The summed E-state index contributed by atoms with van der Waals surface area (Å²) in [5.74, 6) is 0. The Morgan fingerprint density at radius 3 is 2.59 bits per heavy atom. The van der Waals surface area contributed by atoms with Crippen LogP contribution in [0.3, 0.4) is 0 Å². The first-order valence-corrected chi connectivity index (χ1v) is 6.65. The van der Waals surface area contributed by atoms with Crippen LogP contribution in [0.25, 0.3) is 0 Å². The third-order valence-corrected chi connectivity index (χ3v) is 3.95. The van der Waals surface area contributed by atoms with E-state index in [9.17, 15) is 0 Å². The third kappa shape index (κ3) is 3.38. The number of thiophene rings is 1. The molecule has 0 unspecified atom stereocenters. The number of pyridine rings is 1. The van der Waals surface area contributed by atoms with E-state index >= 15 is 0 Å². The van der Waals surface area contributed by atoms with Crippen molar-refractivity contribution < 1.29 is 0 Å². The van der Waals surface area contributed by atoms with Gasteiger partial charge in [-0.3, -0.25) is 4.98 Å². The maximum Gasteiger partial charge on any atom is 0.0541 e. The molecule has 0 radical (unpaired) electrons. The third-order valence-electron chi connectivity index (χ3n) is 2.79. The molecule has 0 aliphatic heterocycles.